The summed E-state index contributed by atoms with van der Waals surface area (Å²) in [5.41, 5.74) is 5.46. The normalized spacial score (nSPS) is 9.44. The van der Waals surface area contributed by atoms with Crippen molar-refractivity contribution in [2.45, 2.75) is 13.8 Å². The molecular formula is C18H16. The minimum Gasteiger partial charge on any atom is -0.0826 e. The highest BCUT2D eigenvalue weighted by Gasteiger charge is 1.98. The third kappa shape index (κ3) is 2.70. The van der Waals surface area contributed by atoms with Gasteiger partial charge in [-0.05, 0) is 36.6 Å². The smallest absolute Gasteiger partial charge is 0.0278 e. The molecule has 0 nitrogen and oxygen atoms in total. The number of hydrogen-bond acceptors (Lipinski definition) is 0. The lowest BCUT2D eigenvalue weighted by Crippen LogP contribution is -1.85. The average Bonchev–Trinajstić information content (AvgIpc) is 2.38. The molecule has 18 heavy (non-hydrogen) atoms. The second-order valence-electron chi connectivity index (χ2n) is 4.36. The van der Waals surface area contributed by atoms with Crippen LogP contribution in [-0.2, 0) is 0 Å². The number of aryl methyl sites for hydroxylation is 2. The molecule has 0 amide bonds. The Kier molecular flexibility index (Phi) is 3.65. The van der Waals surface area contributed by atoms with E-state index in [1.54, 1.807) is 0 Å². The molecule has 0 aliphatic heterocycles. The van der Waals surface area contributed by atoms with Crippen molar-refractivity contribution in [1.82, 2.24) is 0 Å². The van der Waals surface area contributed by atoms with Gasteiger partial charge in [-0.2, -0.15) is 0 Å². The Bertz CT molecular complexity index is 636. The molecule has 0 fully saturated rings. The summed E-state index contributed by atoms with van der Waals surface area (Å²) in [5, 5.41) is 0. The van der Waals surface area contributed by atoms with Gasteiger partial charge in [-0.25, -0.2) is 0 Å². The summed E-state index contributed by atoms with van der Waals surface area (Å²) < 4.78 is 0. The van der Waals surface area contributed by atoms with E-state index in [1.165, 1.54) is 11.1 Å². The van der Waals surface area contributed by atoms with Gasteiger partial charge in [0.05, 0.1) is 0 Å². The van der Waals surface area contributed by atoms with Gasteiger partial charge in [-0.1, -0.05) is 60.9 Å². The summed E-state index contributed by atoms with van der Waals surface area (Å²) in [6.45, 7) is 8.21. The lowest BCUT2D eigenvalue weighted by molar-refractivity contribution is 1.43. The first-order valence-electron chi connectivity index (χ1n) is 6.01. The van der Waals surface area contributed by atoms with Crippen LogP contribution in [0.4, 0.5) is 0 Å². The summed E-state index contributed by atoms with van der Waals surface area (Å²) in [7, 11) is 0. The Morgan fingerprint density at radius 2 is 1.50 bits per heavy atom. The van der Waals surface area contributed by atoms with Crippen molar-refractivity contribution in [3.63, 3.8) is 0 Å². The fraction of sp³-hybridized carbons (Fsp3) is 0.111. The Morgan fingerprint density at radius 3 is 2.17 bits per heavy atom. The zero-order valence-corrected chi connectivity index (χ0v) is 10.8. The topological polar surface area (TPSA) is 0 Å². The first-order valence-corrected chi connectivity index (χ1v) is 6.01. The molecule has 2 aromatic rings. The van der Waals surface area contributed by atoms with E-state index in [-0.39, 0.29) is 0 Å². The van der Waals surface area contributed by atoms with Crippen LogP contribution >= 0.6 is 0 Å². The van der Waals surface area contributed by atoms with Crippen molar-refractivity contribution in [2.75, 3.05) is 0 Å². The highest BCUT2D eigenvalue weighted by atomic mass is 14.0. The van der Waals surface area contributed by atoms with Crippen LogP contribution in [0.1, 0.15) is 22.3 Å². The molecule has 0 aliphatic carbocycles. The summed E-state index contributed by atoms with van der Waals surface area (Å²) in [6.07, 6.45) is 0. The van der Waals surface area contributed by atoms with Gasteiger partial charge in [0, 0.05) is 11.1 Å². The minimum absolute atomic E-state index is 0.872. The Balaban J connectivity index is 2.29. The Labute approximate surface area is 109 Å². The third-order valence-corrected chi connectivity index (χ3v) is 2.96. The zero-order chi connectivity index (χ0) is 13.0. The highest BCUT2D eigenvalue weighted by Crippen LogP contribution is 2.16. The molecule has 0 heterocycles. The summed E-state index contributed by atoms with van der Waals surface area (Å²) in [5.74, 6) is 6.34. The lowest BCUT2D eigenvalue weighted by Gasteiger charge is -2.02. The van der Waals surface area contributed by atoms with E-state index >= 15 is 0 Å². The highest BCUT2D eigenvalue weighted by molar-refractivity contribution is 5.79. The van der Waals surface area contributed by atoms with Crippen LogP contribution in [-0.4, -0.2) is 0 Å². The van der Waals surface area contributed by atoms with E-state index in [9.17, 15) is 0 Å². The van der Waals surface area contributed by atoms with Gasteiger partial charge in [-0.3, -0.25) is 0 Å². The molecule has 0 radical (unpaired) electrons. The van der Waals surface area contributed by atoms with Gasteiger partial charge >= 0.3 is 0 Å². The van der Waals surface area contributed by atoms with Crippen LogP contribution in [0.5, 0.6) is 0 Å². The van der Waals surface area contributed by atoms with E-state index in [2.05, 4.69) is 50.5 Å². The number of allylic oxidation sites excluding steroid dienone is 1. The van der Waals surface area contributed by atoms with Gasteiger partial charge in [-0.15, -0.1) is 0 Å². The van der Waals surface area contributed by atoms with E-state index in [4.69, 9.17) is 0 Å². The molecule has 0 saturated heterocycles. The van der Waals surface area contributed by atoms with E-state index in [0.717, 1.165) is 16.7 Å². The maximum Gasteiger partial charge on any atom is 0.0278 e. The molecule has 0 aliphatic rings. The van der Waals surface area contributed by atoms with Crippen LogP contribution in [0.3, 0.4) is 0 Å². The predicted octanol–water partition coefficient (Wildman–Crippen LogP) is 4.37. The molecule has 0 aromatic heterocycles. The van der Waals surface area contributed by atoms with Crippen LogP contribution in [0.15, 0.2) is 55.1 Å². The average molecular weight is 232 g/mol. The molecule has 0 N–H and O–H groups in total. The second-order valence-corrected chi connectivity index (χ2v) is 4.36. The molecule has 0 unspecified atom stereocenters. The summed E-state index contributed by atoms with van der Waals surface area (Å²) >= 11 is 0. The summed E-state index contributed by atoms with van der Waals surface area (Å²) in [4.78, 5) is 0. The number of hydrogen-bond donors (Lipinski definition) is 0. The van der Waals surface area contributed by atoms with Crippen LogP contribution in [0.2, 0.25) is 0 Å². The van der Waals surface area contributed by atoms with E-state index in [1.807, 2.05) is 30.3 Å². The van der Waals surface area contributed by atoms with E-state index in [0.29, 0.717) is 0 Å². The molecule has 0 saturated carbocycles. The standard InChI is InChI=1S/C18H16/c1-14-8-4-6-10-17(14)13-12-16(3)18-11-7-5-9-15(18)2/h4-11H,3H2,1-2H3. The summed E-state index contributed by atoms with van der Waals surface area (Å²) in [6, 6.07) is 16.3. The number of rotatable bonds is 1. The van der Waals surface area contributed by atoms with Gasteiger partial charge < -0.3 is 0 Å². The van der Waals surface area contributed by atoms with E-state index < -0.39 is 0 Å². The third-order valence-electron chi connectivity index (χ3n) is 2.96. The van der Waals surface area contributed by atoms with Crippen LogP contribution < -0.4 is 0 Å². The minimum atomic E-state index is 0.872. The van der Waals surface area contributed by atoms with Crippen molar-refractivity contribution < 1.29 is 0 Å². The van der Waals surface area contributed by atoms with Gasteiger partial charge in [0.25, 0.3) is 0 Å². The quantitative estimate of drug-likeness (QED) is 0.640. The maximum absolute atomic E-state index is 4.06. The molecule has 0 heteroatoms. The van der Waals surface area contributed by atoms with Gasteiger partial charge in [0.15, 0.2) is 0 Å². The van der Waals surface area contributed by atoms with Crippen molar-refractivity contribution in [2.24, 2.45) is 0 Å². The molecule has 2 aromatic carbocycles. The fourth-order valence-electron chi connectivity index (χ4n) is 1.83. The number of benzene rings is 2. The van der Waals surface area contributed by atoms with Crippen molar-refractivity contribution in [3.8, 4) is 11.8 Å². The molecule has 0 spiro atoms. The molecule has 2 rings (SSSR count). The first kappa shape index (κ1) is 12.2. The van der Waals surface area contributed by atoms with Gasteiger partial charge in [0.1, 0.15) is 0 Å². The lowest BCUT2D eigenvalue weighted by atomic mass is 10.0. The molecular weight excluding hydrogens is 216 g/mol. The molecule has 88 valence electrons. The molecule has 0 bridgehead atoms. The second kappa shape index (κ2) is 5.38. The predicted molar refractivity (Wildman–Crippen MR) is 78.3 cm³/mol. The Hall–Kier alpha value is -2.26. The van der Waals surface area contributed by atoms with Crippen molar-refractivity contribution in [3.05, 3.63) is 77.4 Å². The first-order chi connectivity index (χ1) is 8.68. The largest absolute Gasteiger partial charge is 0.0826 e. The maximum atomic E-state index is 4.06. The fourth-order valence-corrected chi connectivity index (χ4v) is 1.83. The van der Waals surface area contributed by atoms with Crippen LogP contribution in [0, 0.1) is 25.7 Å². The monoisotopic (exact) mass is 232 g/mol. The zero-order valence-electron chi connectivity index (χ0n) is 10.8. The molecule has 0 atom stereocenters. The SMILES string of the molecule is C=C(C#Cc1ccccc1C)c1ccccc1C. The van der Waals surface area contributed by atoms with Gasteiger partial charge in [0.2, 0.25) is 0 Å². The Morgan fingerprint density at radius 1 is 0.889 bits per heavy atom. The van der Waals surface area contributed by atoms with Crippen molar-refractivity contribution >= 4 is 5.57 Å². The van der Waals surface area contributed by atoms with Crippen molar-refractivity contribution in [1.29, 1.82) is 0 Å². The van der Waals surface area contributed by atoms with Crippen LogP contribution in [0.25, 0.3) is 5.57 Å².